The fourth-order valence-corrected chi connectivity index (χ4v) is 2.14. The molecule has 5 heteroatoms. The molecule has 1 nitrogen and oxygen atoms in total. The highest BCUT2D eigenvalue weighted by molar-refractivity contribution is 6.33. The number of benzene rings is 1. The van der Waals surface area contributed by atoms with E-state index in [1.807, 2.05) is 13.8 Å². The van der Waals surface area contributed by atoms with Crippen LogP contribution in [0.3, 0.4) is 0 Å². The molecule has 0 spiro atoms. The topological polar surface area (TPSA) is 13.1 Å². The van der Waals surface area contributed by atoms with Crippen LogP contribution in [0.4, 0.5) is 13.2 Å². The Labute approximate surface area is 120 Å². The van der Waals surface area contributed by atoms with Crippen LogP contribution in [0, 0.1) is 5.92 Å². The van der Waals surface area contributed by atoms with E-state index < -0.39 is 11.7 Å². The lowest BCUT2D eigenvalue weighted by Gasteiger charge is -2.09. The maximum atomic E-state index is 12.7. The smallest absolute Gasteiger partial charge is 0.416 e. The molecule has 0 unspecified atom stereocenters. The lowest BCUT2D eigenvalue weighted by Crippen LogP contribution is -2.04. The first-order valence-corrected chi connectivity index (χ1v) is 6.61. The first-order valence-electron chi connectivity index (χ1n) is 6.23. The zero-order chi connectivity index (χ0) is 14.9. The van der Waals surface area contributed by atoms with Gasteiger partial charge in [-0.3, -0.25) is 0 Å². The van der Waals surface area contributed by atoms with Gasteiger partial charge in [0.2, 0.25) is 0 Å². The van der Waals surface area contributed by atoms with Crippen LogP contribution in [-0.4, -0.2) is 0 Å². The Kier molecular flexibility index (Phi) is 4.14. The number of alkyl halides is 3. The Bertz CT molecular complexity index is 599. The number of rotatable bonds is 3. The highest BCUT2D eigenvalue weighted by Gasteiger charge is 2.31. The second-order valence-corrected chi connectivity index (χ2v) is 5.46. The third-order valence-electron chi connectivity index (χ3n) is 2.83. The molecule has 0 aliphatic heterocycles. The number of furan rings is 1. The van der Waals surface area contributed by atoms with Gasteiger partial charge in [0, 0.05) is 12.0 Å². The first-order chi connectivity index (χ1) is 9.27. The second-order valence-electron chi connectivity index (χ2n) is 5.06. The van der Waals surface area contributed by atoms with Gasteiger partial charge in [-0.2, -0.15) is 13.2 Å². The van der Waals surface area contributed by atoms with Crippen LogP contribution in [0.5, 0.6) is 0 Å². The van der Waals surface area contributed by atoms with Crippen molar-refractivity contribution in [2.24, 2.45) is 5.92 Å². The maximum Gasteiger partial charge on any atom is 0.416 e. The van der Waals surface area contributed by atoms with Crippen molar-refractivity contribution in [1.29, 1.82) is 0 Å². The average molecular weight is 303 g/mol. The molecular weight excluding hydrogens is 289 g/mol. The van der Waals surface area contributed by atoms with Crippen LogP contribution >= 0.6 is 11.6 Å². The van der Waals surface area contributed by atoms with E-state index in [0.29, 0.717) is 11.7 Å². The van der Waals surface area contributed by atoms with Crippen LogP contribution in [0.2, 0.25) is 5.02 Å². The Morgan fingerprint density at radius 3 is 2.45 bits per heavy atom. The standard InChI is InChI=1S/C15H14ClF3O/c1-9(2)7-11-4-6-14(20-11)12-8-10(15(17,18)19)3-5-13(12)16/h3-6,8-9H,7H2,1-2H3. The lowest BCUT2D eigenvalue weighted by atomic mass is 10.1. The summed E-state index contributed by atoms with van der Waals surface area (Å²) in [5.41, 5.74) is -0.477. The molecule has 1 aromatic carbocycles. The van der Waals surface area contributed by atoms with Gasteiger partial charge >= 0.3 is 6.18 Å². The Balaban J connectivity index is 2.39. The van der Waals surface area contributed by atoms with E-state index in [-0.39, 0.29) is 10.6 Å². The second kappa shape index (κ2) is 5.52. The van der Waals surface area contributed by atoms with E-state index in [1.54, 1.807) is 12.1 Å². The van der Waals surface area contributed by atoms with Crippen molar-refractivity contribution >= 4 is 11.6 Å². The van der Waals surface area contributed by atoms with Gasteiger partial charge in [-0.25, -0.2) is 0 Å². The molecule has 2 rings (SSSR count). The molecule has 0 radical (unpaired) electrons. The quantitative estimate of drug-likeness (QED) is 0.696. The molecule has 0 bridgehead atoms. The molecule has 0 aliphatic carbocycles. The highest BCUT2D eigenvalue weighted by Crippen LogP contribution is 2.36. The van der Waals surface area contributed by atoms with Crippen molar-refractivity contribution in [3.8, 4) is 11.3 Å². The summed E-state index contributed by atoms with van der Waals surface area (Å²) in [5, 5.41) is 0.239. The molecule has 1 heterocycles. The molecule has 0 fully saturated rings. The molecule has 20 heavy (non-hydrogen) atoms. The van der Waals surface area contributed by atoms with Gasteiger partial charge in [0.15, 0.2) is 0 Å². The minimum absolute atomic E-state index is 0.239. The molecule has 1 aromatic heterocycles. The van der Waals surface area contributed by atoms with Gasteiger partial charge in [-0.1, -0.05) is 25.4 Å². The van der Waals surface area contributed by atoms with Crippen LogP contribution in [0.1, 0.15) is 25.2 Å². The third-order valence-corrected chi connectivity index (χ3v) is 3.16. The van der Waals surface area contributed by atoms with E-state index in [9.17, 15) is 13.2 Å². The van der Waals surface area contributed by atoms with Crippen molar-refractivity contribution in [1.82, 2.24) is 0 Å². The summed E-state index contributed by atoms with van der Waals surface area (Å²) in [4.78, 5) is 0. The van der Waals surface area contributed by atoms with E-state index in [2.05, 4.69) is 0 Å². The fraction of sp³-hybridized carbons (Fsp3) is 0.333. The van der Waals surface area contributed by atoms with Crippen molar-refractivity contribution in [2.45, 2.75) is 26.4 Å². The monoisotopic (exact) mass is 302 g/mol. The van der Waals surface area contributed by atoms with Gasteiger partial charge < -0.3 is 4.42 Å². The number of hydrogen-bond acceptors (Lipinski definition) is 1. The van der Waals surface area contributed by atoms with E-state index in [1.165, 1.54) is 6.07 Å². The average Bonchev–Trinajstić information content (AvgIpc) is 2.75. The zero-order valence-electron chi connectivity index (χ0n) is 11.1. The first kappa shape index (κ1) is 15.0. The summed E-state index contributed by atoms with van der Waals surface area (Å²) < 4.78 is 43.7. The minimum Gasteiger partial charge on any atom is -0.461 e. The van der Waals surface area contributed by atoms with Crippen molar-refractivity contribution < 1.29 is 17.6 Å². The van der Waals surface area contributed by atoms with Crippen LogP contribution in [-0.2, 0) is 12.6 Å². The van der Waals surface area contributed by atoms with E-state index in [0.717, 1.165) is 24.3 Å². The summed E-state index contributed by atoms with van der Waals surface area (Å²) in [5.74, 6) is 1.51. The largest absolute Gasteiger partial charge is 0.461 e. The minimum atomic E-state index is -4.40. The Hall–Kier alpha value is -1.42. The molecule has 0 saturated heterocycles. The molecule has 0 saturated carbocycles. The lowest BCUT2D eigenvalue weighted by molar-refractivity contribution is -0.137. The molecule has 0 N–H and O–H groups in total. The molecule has 2 aromatic rings. The number of halogens is 4. The van der Waals surface area contributed by atoms with Crippen LogP contribution in [0.15, 0.2) is 34.7 Å². The molecule has 108 valence electrons. The Morgan fingerprint density at radius 2 is 1.85 bits per heavy atom. The van der Waals surface area contributed by atoms with Crippen molar-refractivity contribution in [2.75, 3.05) is 0 Å². The molecular formula is C15H14ClF3O. The predicted molar refractivity (Wildman–Crippen MR) is 72.7 cm³/mol. The van der Waals surface area contributed by atoms with Gasteiger partial charge in [0.05, 0.1) is 10.6 Å². The van der Waals surface area contributed by atoms with Crippen LogP contribution < -0.4 is 0 Å². The van der Waals surface area contributed by atoms with Gasteiger partial charge in [0.1, 0.15) is 11.5 Å². The summed E-state index contributed by atoms with van der Waals surface area (Å²) in [6.07, 6.45) is -3.66. The molecule has 0 aliphatic rings. The summed E-state index contributed by atoms with van der Waals surface area (Å²) in [7, 11) is 0. The maximum absolute atomic E-state index is 12.7. The third kappa shape index (κ3) is 3.37. The SMILES string of the molecule is CC(C)Cc1ccc(-c2cc(C(F)(F)F)ccc2Cl)o1. The Morgan fingerprint density at radius 1 is 1.15 bits per heavy atom. The predicted octanol–water partition coefficient (Wildman–Crippen LogP) is 5.82. The summed E-state index contributed by atoms with van der Waals surface area (Å²) in [6.45, 7) is 4.08. The fourth-order valence-electron chi connectivity index (χ4n) is 1.93. The van der Waals surface area contributed by atoms with Crippen LogP contribution in [0.25, 0.3) is 11.3 Å². The summed E-state index contributed by atoms with van der Waals surface area (Å²) >= 11 is 5.97. The van der Waals surface area contributed by atoms with E-state index in [4.69, 9.17) is 16.0 Å². The van der Waals surface area contributed by atoms with Crippen molar-refractivity contribution in [3.05, 3.63) is 46.7 Å². The zero-order valence-corrected chi connectivity index (χ0v) is 11.8. The molecule has 0 atom stereocenters. The van der Waals surface area contributed by atoms with Gasteiger partial charge in [-0.05, 0) is 36.2 Å². The number of hydrogen-bond donors (Lipinski definition) is 0. The normalized spacial score (nSPS) is 12.2. The van der Waals surface area contributed by atoms with Gasteiger partial charge in [0.25, 0.3) is 0 Å². The van der Waals surface area contributed by atoms with Gasteiger partial charge in [-0.15, -0.1) is 0 Å². The summed E-state index contributed by atoms with van der Waals surface area (Å²) in [6, 6.07) is 6.64. The van der Waals surface area contributed by atoms with E-state index >= 15 is 0 Å². The molecule has 0 amide bonds. The van der Waals surface area contributed by atoms with Crippen molar-refractivity contribution in [3.63, 3.8) is 0 Å². The highest BCUT2D eigenvalue weighted by atomic mass is 35.5.